The molecular weight excluding hydrogens is 242 g/mol. The maximum Gasteiger partial charge on any atom is 0.248 e. The van der Waals surface area contributed by atoms with Gasteiger partial charge < -0.3 is 16.4 Å². The summed E-state index contributed by atoms with van der Waals surface area (Å²) in [6.45, 7) is 2.79. The van der Waals surface area contributed by atoms with Gasteiger partial charge in [0.25, 0.3) is 0 Å². The minimum Gasteiger partial charge on any atom is -0.366 e. The number of hydrogen-bond acceptors (Lipinski definition) is 3. The first kappa shape index (κ1) is 13.5. The van der Waals surface area contributed by atoms with Gasteiger partial charge in [-0.3, -0.25) is 9.59 Å². The molecule has 0 bridgehead atoms. The fourth-order valence-electron chi connectivity index (χ4n) is 2.38. The number of nitrogens with one attached hydrogen (secondary N) is 2. The maximum absolute atomic E-state index is 11.9. The third-order valence-electron chi connectivity index (χ3n) is 3.37. The second kappa shape index (κ2) is 5.84. The molecule has 1 atom stereocenters. The van der Waals surface area contributed by atoms with Gasteiger partial charge in [-0.2, -0.15) is 0 Å². The van der Waals surface area contributed by atoms with E-state index < -0.39 is 5.91 Å². The van der Waals surface area contributed by atoms with Gasteiger partial charge in [-0.05, 0) is 50.1 Å². The van der Waals surface area contributed by atoms with E-state index in [1.54, 1.807) is 25.1 Å². The van der Waals surface area contributed by atoms with Crippen molar-refractivity contribution in [1.82, 2.24) is 5.32 Å². The summed E-state index contributed by atoms with van der Waals surface area (Å²) in [6.07, 6.45) is 2.66. The molecule has 1 unspecified atom stereocenters. The predicted molar refractivity (Wildman–Crippen MR) is 74.0 cm³/mol. The SMILES string of the molecule is Cc1cc(NC(=O)CC2CCCN2)ccc1C(N)=O. The van der Waals surface area contributed by atoms with E-state index in [0.29, 0.717) is 17.7 Å². The summed E-state index contributed by atoms with van der Waals surface area (Å²) in [6, 6.07) is 5.39. The number of aryl methyl sites for hydroxylation is 1. The van der Waals surface area contributed by atoms with Crippen LogP contribution in [0.3, 0.4) is 0 Å². The standard InChI is InChI=1S/C14H19N3O2/c1-9-7-11(4-5-12(9)14(15)19)17-13(18)8-10-3-2-6-16-10/h4-5,7,10,16H,2-3,6,8H2,1H3,(H2,15,19)(H,17,18). The highest BCUT2D eigenvalue weighted by atomic mass is 16.2. The summed E-state index contributed by atoms with van der Waals surface area (Å²) in [4.78, 5) is 23.0. The monoisotopic (exact) mass is 261 g/mol. The van der Waals surface area contributed by atoms with E-state index in [-0.39, 0.29) is 11.9 Å². The highest BCUT2D eigenvalue weighted by Gasteiger charge is 2.17. The number of hydrogen-bond donors (Lipinski definition) is 3. The Kier molecular flexibility index (Phi) is 4.16. The van der Waals surface area contributed by atoms with Crippen molar-refractivity contribution in [2.75, 3.05) is 11.9 Å². The van der Waals surface area contributed by atoms with Crippen molar-refractivity contribution >= 4 is 17.5 Å². The van der Waals surface area contributed by atoms with Gasteiger partial charge >= 0.3 is 0 Å². The summed E-state index contributed by atoms with van der Waals surface area (Å²) >= 11 is 0. The number of carbonyl (C=O) groups excluding carboxylic acids is 2. The number of carbonyl (C=O) groups is 2. The topological polar surface area (TPSA) is 84.2 Å². The number of nitrogens with two attached hydrogens (primary N) is 1. The number of anilines is 1. The van der Waals surface area contributed by atoms with E-state index in [9.17, 15) is 9.59 Å². The molecule has 0 aliphatic carbocycles. The molecule has 1 aromatic carbocycles. The van der Waals surface area contributed by atoms with E-state index in [0.717, 1.165) is 24.9 Å². The van der Waals surface area contributed by atoms with Crippen molar-refractivity contribution in [3.05, 3.63) is 29.3 Å². The highest BCUT2D eigenvalue weighted by Crippen LogP contribution is 2.16. The Labute approximate surface area is 112 Å². The molecule has 102 valence electrons. The van der Waals surface area contributed by atoms with Crippen LogP contribution >= 0.6 is 0 Å². The fourth-order valence-corrected chi connectivity index (χ4v) is 2.38. The van der Waals surface area contributed by atoms with Crippen molar-refractivity contribution < 1.29 is 9.59 Å². The Morgan fingerprint density at radius 3 is 2.84 bits per heavy atom. The highest BCUT2D eigenvalue weighted by molar-refractivity contribution is 5.96. The summed E-state index contributed by atoms with van der Waals surface area (Å²) in [5, 5.41) is 6.13. The molecule has 1 aromatic rings. The maximum atomic E-state index is 11.9. The second-order valence-corrected chi connectivity index (χ2v) is 4.94. The van der Waals surface area contributed by atoms with Gasteiger partial charge in [0.1, 0.15) is 0 Å². The lowest BCUT2D eigenvalue weighted by Gasteiger charge is -2.11. The molecule has 0 spiro atoms. The number of benzene rings is 1. The molecule has 0 aromatic heterocycles. The van der Waals surface area contributed by atoms with Crippen molar-refractivity contribution in [2.45, 2.75) is 32.2 Å². The third-order valence-corrected chi connectivity index (χ3v) is 3.37. The third kappa shape index (κ3) is 3.54. The van der Waals surface area contributed by atoms with Crippen LogP contribution in [0.25, 0.3) is 0 Å². The van der Waals surface area contributed by atoms with Gasteiger partial charge in [0.15, 0.2) is 0 Å². The molecule has 2 amide bonds. The average molecular weight is 261 g/mol. The van der Waals surface area contributed by atoms with Crippen molar-refractivity contribution in [3.8, 4) is 0 Å². The molecule has 2 rings (SSSR count). The van der Waals surface area contributed by atoms with E-state index in [1.807, 2.05) is 0 Å². The lowest BCUT2D eigenvalue weighted by atomic mass is 10.1. The second-order valence-electron chi connectivity index (χ2n) is 4.94. The minimum atomic E-state index is -0.453. The zero-order valence-electron chi connectivity index (χ0n) is 11.0. The molecule has 4 N–H and O–H groups in total. The quantitative estimate of drug-likeness (QED) is 0.760. The van der Waals surface area contributed by atoms with Crippen molar-refractivity contribution in [3.63, 3.8) is 0 Å². The Morgan fingerprint density at radius 1 is 1.47 bits per heavy atom. The first-order valence-corrected chi connectivity index (χ1v) is 6.50. The first-order valence-electron chi connectivity index (χ1n) is 6.50. The van der Waals surface area contributed by atoms with Crippen LogP contribution in [0.15, 0.2) is 18.2 Å². The summed E-state index contributed by atoms with van der Waals surface area (Å²) in [5.41, 5.74) is 7.19. The summed E-state index contributed by atoms with van der Waals surface area (Å²) in [5.74, 6) is -0.462. The van der Waals surface area contributed by atoms with Gasteiger partial charge in [0, 0.05) is 23.7 Å². The predicted octanol–water partition coefficient (Wildman–Crippen LogP) is 1.17. The van der Waals surface area contributed by atoms with E-state index in [1.165, 1.54) is 0 Å². The van der Waals surface area contributed by atoms with Crippen LogP contribution in [-0.4, -0.2) is 24.4 Å². The van der Waals surface area contributed by atoms with Crippen LogP contribution in [0.1, 0.15) is 35.2 Å². The molecule has 1 fully saturated rings. The van der Waals surface area contributed by atoms with E-state index >= 15 is 0 Å². The molecule has 0 radical (unpaired) electrons. The average Bonchev–Trinajstić information content (AvgIpc) is 2.81. The minimum absolute atomic E-state index is 0.00868. The number of amides is 2. The first-order chi connectivity index (χ1) is 9.06. The zero-order chi connectivity index (χ0) is 13.8. The summed E-state index contributed by atoms with van der Waals surface area (Å²) in [7, 11) is 0. The van der Waals surface area contributed by atoms with Gasteiger partial charge in [0.05, 0.1) is 0 Å². The number of rotatable bonds is 4. The normalized spacial score (nSPS) is 18.3. The van der Waals surface area contributed by atoms with Gasteiger partial charge in [-0.1, -0.05) is 0 Å². The Hall–Kier alpha value is -1.88. The molecule has 1 saturated heterocycles. The summed E-state index contributed by atoms with van der Waals surface area (Å²) < 4.78 is 0. The van der Waals surface area contributed by atoms with Crippen LogP contribution in [0, 0.1) is 6.92 Å². The Balaban J connectivity index is 1.96. The smallest absolute Gasteiger partial charge is 0.248 e. The molecule has 0 saturated carbocycles. The van der Waals surface area contributed by atoms with Gasteiger partial charge in [-0.25, -0.2) is 0 Å². The van der Waals surface area contributed by atoms with Crippen LogP contribution in [0.2, 0.25) is 0 Å². The van der Waals surface area contributed by atoms with Crippen LogP contribution < -0.4 is 16.4 Å². The Bertz CT molecular complexity index is 493. The van der Waals surface area contributed by atoms with Crippen LogP contribution in [-0.2, 0) is 4.79 Å². The van der Waals surface area contributed by atoms with E-state index in [4.69, 9.17) is 5.73 Å². The molecule has 5 heteroatoms. The molecule has 19 heavy (non-hydrogen) atoms. The molecule has 1 aliphatic heterocycles. The van der Waals surface area contributed by atoms with Gasteiger partial charge in [-0.15, -0.1) is 0 Å². The molecule has 1 heterocycles. The number of primary amides is 1. The Morgan fingerprint density at radius 2 is 2.26 bits per heavy atom. The van der Waals surface area contributed by atoms with Crippen molar-refractivity contribution in [2.24, 2.45) is 5.73 Å². The van der Waals surface area contributed by atoms with E-state index in [2.05, 4.69) is 10.6 Å². The molecular formula is C14H19N3O2. The zero-order valence-corrected chi connectivity index (χ0v) is 11.0. The van der Waals surface area contributed by atoms with Crippen LogP contribution in [0.5, 0.6) is 0 Å². The lowest BCUT2D eigenvalue weighted by Crippen LogP contribution is -2.27. The van der Waals surface area contributed by atoms with Crippen LogP contribution in [0.4, 0.5) is 5.69 Å². The van der Waals surface area contributed by atoms with Gasteiger partial charge in [0.2, 0.25) is 11.8 Å². The largest absolute Gasteiger partial charge is 0.366 e. The molecule has 5 nitrogen and oxygen atoms in total. The van der Waals surface area contributed by atoms with Crippen molar-refractivity contribution in [1.29, 1.82) is 0 Å². The lowest BCUT2D eigenvalue weighted by molar-refractivity contribution is -0.116. The fraction of sp³-hybridized carbons (Fsp3) is 0.429. The molecule has 1 aliphatic rings.